The standard InChI is InChI=1S/C50H32N2O2/c53-49-43-25-14-26-44(47(43)50(54)52(49)48-39(35-19-9-3-10-20-35)23-13-24-40(48)36-21-11-4-12-22-36)51-45-31-37(33-15-5-1-6-16-33)27-29-41(45)42-30-28-38(32-46(42)51)34-17-7-2-8-18-34/h1-32H. The van der Waals surface area contributed by atoms with Crippen molar-refractivity contribution in [2.24, 2.45) is 0 Å². The van der Waals surface area contributed by atoms with Crippen LogP contribution in [0.25, 0.3) is 72.0 Å². The molecule has 2 amide bonds. The van der Waals surface area contributed by atoms with Gasteiger partial charge in [0.15, 0.2) is 0 Å². The van der Waals surface area contributed by atoms with Gasteiger partial charge in [-0.25, -0.2) is 4.90 Å². The third-order valence-electron chi connectivity index (χ3n) is 10.5. The minimum atomic E-state index is -0.348. The molecule has 0 saturated heterocycles. The van der Waals surface area contributed by atoms with Crippen LogP contribution in [0.15, 0.2) is 194 Å². The molecule has 54 heavy (non-hydrogen) atoms. The first-order valence-electron chi connectivity index (χ1n) is 18.1. The lowest BCUT2D eigenvalue weighted by atomic mass is 9.95. The zero-order valence-corrected chi connectivity index (χ0v) is 29.2. The average Bonchev–Trinajstić information content (AvgIpc) is 3.70. The Hall–Kier alpha value is -7.30. The molecule has 0 bridgehead atoms. The Balaban J connectivity index is 1.23. The molecule has 8 aromatic carbocycles. The fraction of sp³-hybridized carbons (Fsp3) is 0. The summed E-state index contributed by atoms with van der Waals surface area (Å²) in [5.41, 5.74) is 11.7. The van der Waals surface area contributed by atoms with Crippen molar-refractivity contribution in [3.63, 3.8) is 0 Å². The second-order valence-corrected chi connectivity index (χ2v) is 13.6. The highest BCUT2D eigenvalue weighted by Crippen LogP contribution is 2.45. The van der Waals surface area contributed by atoms with Crippen LogP contribution in [0.1, 0.15) is 20.7 Å². The fourth-order valence-electron chi connectivity index (χ4n) is 8.04. The minimum Gasteiger partial charge on any atom is -0.308 e. The number of carbonyl (C=O) groups is 2. The summed E-state index contributed by atoms with van der Waals surface area (Å²) in [6.07, 6.45) is 0. The van der Waals surface area contributed by atoms with Gasteiger partial charge in [-0.05, 0) is 57.6 Å². The van der Waals surface area contributed by atoms with Crippen LogP contribution in [-0.4, -0.2) is 16.4 Å². The minimum absolute atomic E-state index is 0.340. The third-order valence-corrected chi connectivity index (χ3v) is 10.5. The van der Waals surface area contributed by atoms with E-state index in [2.05, 4.69) is 65.2 Å². The molecule has 0 saturated carbocycles. The van der Waals surface area contributed by atoms with Gasteiger partial charge < -0.3 is 4.57 Å². The molecule has 10 rings (SSSR count). The summed E-state index contributed by atoms with van der Waals surface area (Å²) in [4.78, 5) is 31.4. The number of anilines is 1. The molecule has 0 atom stereocenters. The molecule has 0 fully saturated rings. The number of aromatic nitrogens is 1. The molecule has 0 spiro atoms. The summed E-state index contributed by atoms with van der Waals surface area (Å²) >= 11 is 0. The van der Waals surface area contributed by atoms with Gasteiger partial charge in [-0.3, -0.25) is 9.59 Å². The second kappa shape index (κ2) is 12.7. The Bertz CT molecular complexity index is 2740. The van der Waals surface area contributed by atoms with Crippen LogP contribution in [0.2, 0.25) is 0 Å². The number of para-hydroxylation sites is 1. The molecule has 0 aliphatic carbocycles. The fourth-order valence-corrected chi connectivity index (χ4v) is 8.04. The van der Waals surface area contributed by atoms with Crippen LogP contribution in [-0.2, 0) is 0 Å². The van der Waals surface area contributed by atoms with E-state index in [1.807, 2.05) is 127 Å². The van der Waals surface area contributed by atoms with Crippen molar-refractivity contribution in [3.05, 3.63) is 205 Å². The first kappa shape index (κ1) is 31.4. The summed E-state index contributed by atoms with van der Waals surface area (Å²) in [6.45, 7) is 0. The second-order valence-electron chi connectivity index (χ2n) is 13.6. The van der Waals surface area contributed by atoms with Gasteiger partial charge in [-0.15, -0.1) is 0 Å². The lowest BCUT2D eigenvalue weighted by molar-refractivity contribution is 0.0926. The Labute approximate surface area is 312 Å². The molecule has 1 aromatic heterocycles. The van der Waals surface area contributed by atoms with Gasteiger partial charge in [0, 0.05) is 21.9 Å². The average molecular weight is 693 g/mol. The summed E-state index contributed by atoms with van der Waals surface area (Å²) in [5.74, 6) is -0.687. The highest BCUT2D eigenvalue weighted by molar-refractivity contribution is 6.37. The predicted molar refractivity (Wildman–Crippen MR) is 220 cm³/mol. The van der Waals surface area contributed by atoms with Gasteiger partial charge in [-0.1, -0.05) is 170 Å². The van der Waals surface area contributed by atoms with Crippen molar-refractivity contribution in [2.75, 3.05) is 4.90 Å². The van der Waals surface area contributed by atoms with Crippen LogP contribution in [0, 0.1) is 0 Å². The maximum absolute atomic E-state index is 15.2. The van der Waals surface area contributed by atoms with Gasteiger partial charge in [-0.2, -0.15) is 0 Å². The highest BCUT2D eigenvalue weighted by atomic mass is 16.2. The first-order chi connectivity index (χ1) is 26.7. The first-order valence-corrected chi connectivity index (χ1v) is 18.1. The number of carbonyl (C=O) groups excluding carboxylic acids is 2. The zero-order chi connectivity index (χ0) is 36.2. The molecular weight excluding hydrogens is 661 g/mol. The van der Waals surface area contributed by atoms with Crippen LogP contribution in [0.5, 0.6) is 0 Å². The predicted octanol–water partition coefficient (Wildman–Crippen LogP) is 12.3. The molecule has 1 aliphatic rings. The molecule has 4 nitrogen and oxygen atoms in total. The normalized spacial score (nSPS) is 12.5. The smallest absolute Gasteiger partial charge is 0.268 e. The number of hydrogen-bond donors (Lipinski definition) is 0. The summed E-state index contributed by atoms with van der Waals surface area (Å²) in [5, 5.41) is 2.13. The number of benzene rings is 8. The number of rotatable bonds is 6. The van der Waals surface area contributed by atoms with Crippen LogP contribution >= 0.6 is 0 Å². The van der Waals surface area contributed by atoms with Gasteiger partial charge >= 0.3 is 0 Å². The Morgan fingerprint density at radius 3 is 1.24 bits per heavy atom. The largest absolute Gasteiger partial charge is 0.308 e. The van der Waals surface area contributed by atoms with Gasteiger partial charge in [0.2, 0.25) is 0 Å². The number of imide groups is 1. The van der Waals surface area contributed by atoms with E-state index in [9.17, 15) is 4.79 Å². The molecule has 0 radical (unpaired) electrons. The quantitative estimate of drug-likeness (QED) is 0.163. The lowest BCUT2D eigenvalue weighted by Gasteiger charge is -2.23. The molecule has 0 N–H and O–H groups in total. The van der Waals surface area contributed by atoms with Gasteiger partial charge in [0.1, 0.15) is 0 Å². The van der Waals surface area contributed by atoms with Crippen molar-refractivity contribution in [2.45, 2.75) is 0 Å². The van der Waals surface area contributed by atoms with Crippen LogP contribution in [0.3, 0.4) is 0 Å². The van der Waals surface area contributed by atoms with E-state index in [1.54, 1.807) is 6.07 Å². The number of amides is 2. The van der Waals surface area contributed by atoms with Crippen molar-refractivity contribution in [1.29, 1.82) is 0 Å². The molecule has 254 valence electrons. The van der Waals surface area contributed by atoms with Crippen LogP contribution < -0.4 is 4.90 Å². The number of nitrogens with zero attached hydrogens (tertiary/aromatic N) is 2. The Morgan fingerprint density at radius 1 is 0.333 bits per heavy atom. The molecule has 2 heterocycles. The highest BCUT2D eigenvalue weighted by Gasteiger charge is 2.41. The molecule has 1 aliphatic heterocycles. The third kappa shape index (κ3) is 5.00. The van der Waals surface area contributed by atoms with E-state index in [1.165, 1.54) is 4.90 Å². The lowest BCUT2D eigenvalue weighted by Crippen LogP contribution is -2.30. The molecule has 4 heteroatoms. The van der Waals surface area contributed by atoms with Crippen molar-refractivity contribution < 1.29 is 9.59 Å². The van der Waals surface area contributed by atoms with E-state index in [4.69, 9.17) is 0 Å². The monoisotopic (exact) mass is 692 g/mol. The van der Waals surface area contributed by atoms with Crippen molar-refractivity contribution in [3.8, 4) is 50.2 Å². The summed E-state index contributed by atoms with van der Waals surface area (Å²) in [6, 6.07) is 65.2. The maximum atomic E-state index is 15.2. The summed E-state index contributed by atoms with van der Waals surface area (Å²) < 4.78 is 2.18. The molecular formula is C50H32N2O2. The number of hydrogen-bond acceptors (Lipinski definition) is 2. The Kier molecular flexibility index (Phi) is 7.41. The van der Waals surface area contributed by atoms with Gasteiger partial charge in [0.25, 0.3) is 11.8 Å². The van der Waals surface area contributed by atoms with Gasteiger partial charge in [0.05, 0.1) is 33.5 Å². The van der Waals surface area contributed by atoms with E-state index in [-0.39, 0.29) is 11.8 Å². The zero-order valence-electron chi connectivity index (χ0n) is 29.2. The summed E-state index contributed by atoms with van der Waals surface area (Å²) in [7, 11) is 0. The van der Waals surface area contributed by atoms with Crippen molar-refractivity contribution in [1.82, 2.24) is 4.57 Å². The van der Waals surface area contributed by atoms with E-state index in [0.717, 1.165) is 66.3 Å². The number of fused-ring (bicyclic) bond motifs is 4. The van der Waals surface area contributed by atoms with Crippen molar-refractivity contribution >= 4 is 39.3 Å². The topological polar surface area (TPSA) is 42.3 Å². The molecule has 9 aromatic rings. The van der Waals surface area contributed by atoms with E-state index in [0.29, 0.717) is 22.5 Å². The molecule has 0 unspecified atom stereocenters. The maximum Gasteiger partial charge on any atom is 0.268 e. The van der Waals surface area contributed by atoms with E-state index >= 15 is 4.79 Å². The Morgan fingerprint density at radius 2 is 0.759 bits per heavy atom. The van der Waals surface area contributed by atoms with E-state index < -0.39 is 0 Å². The SMILES string of the molecule is O=C1c2cccc(-n3c4cc(-c5ccccc5)ccc4c4ccc(-c5ccccc5)cc43)c2C(=O)N1c1c(-c2ccccc2)cccc1-c1ccccc1. The van der Waals surface area contributed by atoms with Crippen LogP contribution in [0.4, 0.5) is 5.69 Å².